The van der Waals surface area contributed by atoms with Crippen LogP contribution in [-0.2, 0) is 0 Å². The Morgan fingerprint density at radius 2 is 1.81 bits per heavy atom. The minimum Gasteiger partial charge on any atom is -0.480 e. The molecule has 0 amide bonds. The third kappa shape index (κ3) is 2.12. The second-order valence-corrected chi connectivity index (χ2v) is 3.67. The molecule has 0 aliphatic rings. The molecule has 5 heteroatoms. The summed E-state index contributed by atoms with van der Waals surface area (Å²) >= 11 is 5.80. The van der Waals surface area contributed by atoms with Crippen LogP contribution >= 0.6 is 11.6 Å². The van der Waals surface area contributed by atoms with E-state index in [9.17, 15) is 0 Å². The van der Waals surface area contributed by atoms with Crippen LogP contribution < -0.4 is 4.74 Å². The van der Waals surface area contributed by atoms with Gasteiger partial charge in [-0.25, -0.2) is 0 Å². The van der Waals surface area contributed by atoms with Gasteiger partial charge in [0.25, 0.3) is 0 Å². The van der Waals surface area contributed by atoms with Crippen molar-refractivity contribution in [2.24, 2.45) is 0 Å². The molecule has 82 valence electrons. The van der Waals surface area contributed by atoms with Gasteiger partial charge >= 0.3 is 0 Å². The summed E-state index contributed by atoms with van der Waals surface area (Å²) in [5.74, 6) is 1.01. The monoisotopic (exact) mass is 235 g/mol. The number of aromatic nitrogens is 3. The summed E-state index contributed by atoms with van der Waals surface area (Å²) in [5.41, 5.74) is 1.52. The van der Waals surface area contributed by atoms with Crippen LogP contribution in [0.3, 0.4) is 0 Å². The highest BCUT2D eigenvalue weighted by Crippen LogP contribution is 2.20. The van der Waals surface area contributed by atoms with Gasteiger partial charge in [0.2, 0.25) is 5.88 Å². The first-order valence-electron chi connectivity index (χ1n) is 4.72. The number of nitrogens with zero attached hydrogens (tertiary/aromatic N) is 3. The Morgan fingerprint density at radius 1 is 1.12 bits per heavy atom. The number of rotatable bonds is 2. The molecular formula is C11H10ClN3O. The molecule has 16 heavy (non-hydrogen) atoms. The molecule has 0 saturated carbocycles. The summed E-state index contributed by atoms with van der Waals surface area (Å²) in [6.45, 7) is 1.80. The van der Waals surface area contributed by atoms with Crippen molar-refractivity contribution in [2.75, 3.05) is 7.11 Å². The van der Waals surface area contributed by atoms with E-state index < -0.39 is 0 Å². The zero-order valence-corrected chi connectivity index (χ0v) is 9.69. The van der Waals surface area contributed by atoms with Crippen molar-refractivity contribution < 1.29 is 4.74 Å². The van der Waals surface area contributed by atoms with Crippen molar-refractivity contribution >= 4 is 11.6 Å². The van der Waals surface area contributed by atoms with E-state index in [0.29, 0.717) is 22.4 Å². The largest absolute Gasteiger partial charge is 0.480 e. The fourth-order valence-corrected chi connectivity index (χ4v) is 1.41. The Morgan fingerprint density at radius 3 is 2.44 bits per heavy atom. The highest BCUT2D eigenvalue weighted by molar-refractivity contribution is 6.30. The van der Waals surface area contributed by atoms with Crippen LogP contribution in [0.15, 0.2) is 24.3 Å². The standard InChI is InChI=1S/C11H10ClN3O/c1-7-11(16-2)13-10(15-14-7)8-3-5-9(12)6-4-8/h3-6H,1-2H3. The highest BCUT2D eigenvalue weighted by atomic mass is 35.5. The van der Waals surface area contributed by atoms with E-state index in [-0.39, 0.29) is 0 Å². The quantitative estimate of drug-likeness (QED) is 0.803. The van der Waals surface area contributed by atoms with Crippen molar-refractivity contribution in [3.8, 4) is 17.3 Å². The maximum atomic E-state index is 5.80. The van der Waals surface area contributed by atoms with Gasteiger partial charge in [0.15, 0.2) is 5.82 Å². The van der Waals surface area contributed by atoms with Gasteiger partial charge in [-0.1, -0.05) is 11.6 Å². The summed E-state index contributed by atoms with van der Waals surface area (Å²) in [4.78, 5) is 4.25. The second kappa shape index (κ2) is 4.45. The van der Waals surface area contributed by atoms with E-state index in [1.165, 1.54) is 0 Å². The molecule has 0 unspecified atom stereocenters. The van der Waals surface area contributed by atoms with Gasteiger partial charge in [-0.15, -0.1) is 10.2 Å². The predicted molar refractivity (Wildman–Crippen MR) is 61.6 cm³/mol. The third-order valence-corrected chi connectivity index (χ3v) is 2.36. The lowest BCUT2D eigenvalue weighted by atomic mass is 10.2. The molecule has 2 rings (SSSR count). The maximum absolute atomic E-state index is 5.80. The average molecular weight is 236 g/mol. The van der Waals surface area contributed by atoms with E-state index in [1.807, 2.05) is 12.1 Å². The molecule has 0 aliphatic carbocycles. The van der Waals surface area contributed by atoms with Gasteiger partial charge in [-0.05, 0) is 31.2 Å². The van der Waals surface area contributed by atoms with Crippen LogP contribution in [0.2, 0.25) is 5.02 Å². The van der Waals surface area contributed by atoms with Crippen LogP contribution in [0, 0.1) is 6.92 Å². The smallest absolute Gasteiger partial charge is 0.239 e. The number of hydrogen-bond acceptors (Lipinski definition) is 4. The molecule has 0 aliphatic heterocycles. The van der Waals surface area contributed by atoms with E-state index in [0.717, 1.165) is 5.56 Å². The number of ether oxygens (including phenoxy) is 1. The summed E-state index contributed by atoms with van der Waals surface area (Å²) in [7, 11) is 1.56. The van der Waals surface area contributed by atoms with Crippen molar-refractivity contribution in [2.45, 2.75) is 6.92 Å². The lowest BCUT2D eigenvalue weighted by Crippen LogP contribution is -1.99. The molecule has 4 nitrogen and oxygen atoms in total. The van der Waals surface area contributed by atoms with Crippen LogP contribution in [-0.4, -0.2) is 22.3 Å². The number of hydrogen-bond donors (Lipinski definition) is 0. The molecule has 0 bridgehead atoms. The molecular weight excluding hydrogens is 226 g/mol. The molecule has 1 heterocycles. The Kier molecular flexibility index (Phi) is 3.01. The van der Waals surface area contributed by atoms with E-state index >= 15 is 0 Å². The van der Waals surface area contributed by atoms with E-state index in [4.69, 9.17) is 16.3 Å². The summed E-state index contributed by atoms with van der Waals surface area (Å²) in [5, 5.41) is 8.66. The molecule has 0 N–H and O–H groups in total. The molecule has 0 spiro atoms. The molecule has 0 saturated heterocycles. The zero-order chi connectivity index (χ0) is 11.5. The van der Waals surface area contributed by atoms with Crippen molar-refractivity contribution in [1.29, 1.82) is 0 Å². The number of methoxy groups -OCH3 is 1. The predicted octanol–water partition coefficient (Wildman–Crippen LogP) is 2.51. The van der Waals surface area contributed by atoms with E-state index in [1.54, 1.807) is 26.2 Å². The maximum Gasteiger partial charge on any atom is 0.239 e. The van der Waals surface area contributed by atoms with Gasteiger partial charge in [0.1, 0.15) is 5.69 Å². The van der Waals surface area contributed by atoms with Crippen LogP contribution in [0.1, 0.15) is 5.69 Å². The van der Waals surface area contributed by atoms with Gasteiger partial charge in [-0.3, -0.25) is 0 Å². The van der Waals surface area contributed by atoms with Crippen LogP contribution in [0.25, 0.3) is 11.4 Å². The Labute approximate surface area is 98.3 Å². The van der Waals surface area contributed by atoms with Crippen molar-refractivity contribution in [3.05, 3.63) is 35.0 Å². The minimum absolute atomic E-state index is 0.486. The summed E-state index contributed by atoms with van der Waals surface area (Å²) in [6.07, 6.45) is 0. The van der Waals surface area contributed by atoms with Gasteiger partial charge in [0, 0.05) is 10.6 Å². The molecule has 1 aromatic heterocycles. The summed E-state index contributed by atoms with van der Waals surface area (Å²) < 4.78 is 5.09. The SMILES string of the molecule is COc1nc(-c2ccc(Cl)cc2)nnc1C. The van der Waals surface area contributed by atoms with E-state index in [2.05, 4.69) is 15.2 Å². The first-order valence-corrected chi connectivity index (χ1v) is 5.10. The van der Waals surface area contributed by atoms with Crippen molar-refractivity contribution in [1.82, 2.24) is 15.2 Å². The van der Waals surface area contributed by atoms with Crippen LogP contribution in [0.4, 0.5) is 0 Å². The number of benzene rings is 1. The lowest BCUT2D eigenvalue weighted by molar-refractivity contribution is 0.390. The topological polar surface area (TPSA) is 47.9 Å². The molecule has 0 atom stereocenters. The van der Waals surface area contributed by atoms with Gasteiger partial charge in [0.05, 0.1) is 7.11 Å². The molecule has 1 aromatic carbocycles. The first-order chi connectivity index (χ1) is 7.70. The third-order valence-electron chi connectivity index (χ3n) is 2.11. The van der Waals surface area contributed by atoms with Crippen LogP contribution in [0.5, 0.6) is 5.88 Å². The molecule has 2 aromatic rings. The average Bonchev–Trinajstić information content (AvgIpc) is 2.31. The number of halogens is 1. The first kappa shape index (κ1) is 10.8. The Hall–Kier alpha value is -1.68. The second-order valence-electron chi connectivity index (χ2n) is 3.24. The lowest BCUT2D eigenvalue weighted by Gasteiger charge is -2.04. The zero-order valence-electron chi connectivity index (χ0n) is 8.94. The van der Waals surface area contributed by atoms with Gasteiger partial charge < -0.3 is 4.74 Å². The van der Waals surface area contributed by atoms with Gasteiger partial charge in [-0.2, -0.15) is 4.98 Å². The normalized spacial score (nSPS) is 10.2. The Bertz CT molecular complexity index is 499. The minimum atomic E-state index is 0.486. The molecule has 0 fully saturated rings. The fraction of sp³-hybridized carbons (Fsp3) is 0.182. The Balaban J connectivity index is 2.44. The fourth-order valence-electron chi connectivity index (χ4n) is 1.28. The number of aryl methyl sites for hydroxylation is 1. The van der Waals surface area contributed by atoms with Crippen molar-refractivity contribution in [3.63, 3.8) is 0 Å². The highest BCUT2D eigenvalue weighted by Gasteiger charge is 2.07. The molecule has 0 radical (unpaired) electrons. The summed E-state index contributed by atoms with van der Waals surface area (Å²) in [6, 6.07) is 7.25.